The molecule has 0 spiro atoms. The summed E-state index contributed by atoms with van der Waals surface area (Å²) in [7, 11) is 0. The number of amides is 2. The first kappa shape index (κ1) is 11.9. The Kier molecular flexibility index (Phi) is 5.82. The summed E-state index contributed by atoms with van der Waals surface area (Å²) in [6.45, 7) is 1.68. The molecule has 6 nitrogen and oxygen atoms in total. The average molecular weight is 189 g/mol. The Labute approximate surface area is 76.5 Å². The number of nitrogens with one attached hydrogen (secondary N) is 2. The quantitative estimate of drug-likeness (QED) is 0.360. The molecule has 0 saturated carbocycles. The van der Waals surface area contributed by atoms with Gasteiger partial charge in [0.15, 0.2) is 0 Å². The number of aliphatic hydroxyl groups excluding tert-OH is 1. The first-order valence-corrected chi connectivity index (χ1v) is 3.96. The van der Waals surface area contributed by atoms with Crippen LogP contribution in [0.4, 0.5) is 0 Å². The van der Waals surface area contributed by atoms with Crippen molar-refractivity contribution in [3.8, 4) is 0 Å². The van der Waals surface area contributed by atoms with Gasteiger partial charge in [-0.3, -0.25) is 9.59 Å². The minimum atomic E-state index is -0.891. The van der Waals surface area contributed by atoms with Gasteiger partial charge in [-0.1, -0.05) is 0 Å². The fourth-order valence-electron chi connectivity index (χ4n) is 0.638. The fraction of sp³-hybridized carbons (Fsp3) is 0.714. The lowest BCUT2D eigenvalue weighted by Crippen LogP contribution is -2.45. The van der Waals surface area contributed by atoms with Crippen LogP contribution in [0.25, 0.3) is 0 Å². The van der Waals surface area contributed by atoms with Gasteiger partial charge in [0, 0.05) is 20.0 Å². The SMILES string of the molecule is CC(=O)NCCNC(=O)C(N)CO. The third-order valence-electron chi connectivity index (χ3n) is 1.33. The fourth-order valence-corrected chi connectivity index (χ4v) is 0.638. The Morgan fingerprint density at radius 2 is 1.92 bits per heavy atom. The van der Waals surface area contributed by atoms with Crippen LogP contribution in [0.2, 0.25) is 0 Å². The number of carbonyl (C=O) groups excluding carboxylic acids is 2. The predicted molar refractivity (Wildman–Crippen MR) is 46.8 cm³/mol. The number of aliphatic hydroxyl groups is 1. The van der Waals surface area contributed by atoms with E-state index in [2.05, 4.69) is 10.6 Å². The first-order chi connectivity index (χ1) is 6.07. The van der Waals surface area contributed by atoms with E-state index < -0.39 is 11.9 Å². The largest absolute Gasteiger partial charge is 0.394 e. The number of nitrogens with two attached hydrogens (primary N) is 1. The monoisotopic (exact) mass is 189 g/mol. The molecule has 0 aromatic carbocycles. The Balaban J connectivity index is 3.42. The molecule has 0 radical (unpaired) electrons. The van der Waals surface area contributed by atoms with E-state index >= 15 is 0 Å². The van der Waals surface area contributed by atoms with Gasteiger partial charge in [0.05, 0.1) is 6.61 Å². The number of hydrogen-bond acceptors (Lipinski definition) is 4. The van der Waals surface area contributed by atoms with Gasteiger partial charge in [0.25, 0.3) is 0 Å². The molecule has 2 amide bonds. The zero-order valence-electron chi connectivity index (χ0n) is 7.54. The molecule has 0 aromatic heterocycles. The van der Waals surface area contributed by atoms with E-state index in [-0.39, 0.29) is 12.5 Å². The van der Waals surface area contributed by atoms with Crippen LogP contribution >= 0.6 is 0 Å². The van der Waals surface area contributed by atoms with Crippen LogP contribution in [-0.2, 0) is 9.59 Å². The molecule has 1 unspecified atom stereocenters. The third kappa shape index (κ3) is 6.06. The van der Waals surface area contributed by atoms with Crippen molar-refractivity contribution in [2.75, 3.05) is 19.7 Å². The van der Waals surface area contributed by atoms with E-state index in [0.717, 1.165) is 0 Å². The summed E-state index contributed by atoms with van der Waals surface area (Å²) in [6, 6.07) is -0.891. The third-order valence-corrected chi connectivity index (χ3v) is 1.33. The van der Waals surface area contributed by atoms with Crippen LogP contribution in [-0.4, -0.2) is 42.7 Å². The number of carbonyl (C=O) groups is 2. The molecular formula is C7H15N3O3. The van der Waals surface area contributed by atoms with E-state index in [1.807, 2.05) is 0 Å². The maximum absolute atomic E-state index is 10.9. The molecule has 0 heterocycles. The van der Waals surface area contributed by atoms with E-state index in [9.17, 15) is 9.59 Å². The van der Waals surface area contributed by atoms with Crippen molar-refractivity contribution in [2.45, 2.75) is 13.0 Å². The van der Waals surface area contributed by atoms with Gasteiger partial charge in [-0.15, -0.1) is 0 Å². The summed E-state index contributed by atoms with van der Waals surface area (Å²) in [4.78, 5) is 21.3. The van der Waals surface area contributed by atoms with Crippen LogP contribution in [0.1, 0.15) is 6.92 Å². The van der Waals surface area contributed by atoms with Gasteiger partial charge >= 0.3 is 0 Å². The van der Waals surface area contributed by atoms with Crippen LogP contribution in [0.3, 0.4) is 0 Å². The standard InChI is InChI=1S/C7H15N3O3/c1-5(12)9-2-3-10-7(13)6(8)4-11/h6,11H,2-4,8H2,1H3,(H,9,12)(H,10,13). The van der Waals surface area contributed by atoms with Crippen molar-refractivity contribution in [1.29, 1.82) is 0 Å². The van der Waals surface area contributed by atoms with Crippen molar-refractivity contribution in [3.63, 3.8) is 0 Å². The average Bonchev–Trinajstić information content (AvgIpc) is 2.10. The topological polar surface area (TPSA) is 104 Å². The Morgan fingerprint density at radius 3 is 2.38 bits per heavy atom. The molecular weight excluding hydrogens is 174 g/mol. The number of rotatable bonds is 5. The predicted octanol–water partition coefficient (Wildman–Crippen LogP) is -2.44. The van der Waals surface area contributed by atoms with Gasteiger partial charge in [-0.05, 0) is 0 Å². The second-order valence-corrected chi connectivity index (χ2v) is 2.56. The lowest BCUT2D eigenvalue weighted by atomic mass is 10.3. The number of hydrogen-bond donors (Lipinski definition) is 4. The van der Waals surface area contributed by atoms with E-state index in [4.69, 9.17) is 10.8 Å². The highest BCUT2D eigenvalue weighted by molar-refractivity contribution is 5.81. The molecule has 0 fully saturated rings. The van der Waals surface area contributed by atoms with Gasteiger partial charge in [0.1, 0.15) is 6.04 Å². The summed E-state index contributed by atoms with van der Waals surface area (Å²) in [5, 5.41) is 13.4. The molecule has 5 N–H and O–H groups in total. The van der Waals surface area contributed by atoms with Crippen molar-refractivity contribution < 1.29 is 14.7 Å². The molecule has 76 valence electrons. The van der Waals surface area contributed by atoms with Crippen LogP contribution in [0.5, 0.6) is 0 Å². The Hall–Kier alpha value is -1.14. The summed E-state index contributed by atoms with van der Waals surface area (Å²) in [5.74, 6) is -0.575. The van der Waals surface area contributed by atoms with E-state index in [1.54, 1.807) is 0 Å². The summed E-state index contributed by atoms with van der Waals surface area (Å²) < 4.78 is 0. The highest BCUT2D eigenvalue weighted by atomic mass is 16.3. The van der Waals surface area contributed by atoms with Crippen LogP contribution < -0.4 is 16.4 Å². The van der Waals surface area contributed by atoms with Crippen LogP contribution in [0.15, 0.2) is 0 Å². The minimum Gasteiger partial charge on any atom is -0.394 e. The summed E-state index contributed by atoms with van der Waals surface area (Å²) in [5.41, 5.74) is 5.21. The molecule has 0 aliphatic heterocycles. The zero-order chi connectivity index (χ0) is 10.3. The van der Waals surface area contributed by atoms with Gasteiger partial charge < -0.3 is 21.5 Å². The highest BCUT2D eigenvalue weighted by Gasteiger charge is 2.10. The molecule has 13 heavy (non-hydrogen) atoms. The van der Waals surface area contributed by atoms with Gasteiger partial charge in [0.2, 0.25) is 11.8 Å². The van der Waals surface area contributed by atoms with Crippen molar-refractivity contribution in [3.05, 3.63) is 0 Å². The molecule has 0 rings (SSSR count). The normalized spacial score (nSPS) is 11.9. The lowest BCUT2D eigenvalue weighted by Gasteiger charge is -2.09. The first-order valence-electron chi connectivity index (χ1n) is 3.96. The molecule has 0 bridgehead atoms. The second kappa shape index (κ2) is 6.38. The molecule has 6 heteroatoms. The Morgan fingerprint density at radius 1 is 1.38 bits per heavy atom. The maximum atomic E-state index is 10.9. The van der Waals surface area contributed by atoms with Crippen molar-refractivity contribution in [2.24, 2.45) is 5.73 Å². The molecule has 0 saturated heterocycles. The van der Waals surface area contributed by atoms with Crippen molar-refractivity contribution >= 4 is 11.8 Å². The molecule has 0 aliphatic rings. The molecule has 1 atom stereocenters. The van der Waals surface area contributed by atoms with E-state index in [1.165, 1.54) is 6.92 Å². The second-order valence-electron chi connectivity index (χ2n) is 2.56. The highest BCUT2D eigenvalue weighted by Crippen LogP contribution is 1.74. The Bertz CT molecular complexity index is 184. The minimum absolute atomic E-state index is 0.152. The van der Waals surface area contributed by atoms with E-state index in [0.29, 0.717) is 13.1 Å². The van der Waals surface area contributed by atoms with Gasteiger partial charge in [-0.25, -0.2) is 0 Å². The lowest BCUT2D eigenvalue weighted by molar-refractivity contribution is -0.123. The summed E-state index contributed by atoms with van der Waals surface area (Å²) >= 11 is 0. The smallest absolute Gasteiger partial charge is 0.239 e. The van der Waals surface area contributed by atoms with Crippen LogP contribution in [0, 0.1) is 0 Å². The molecule has 0 aliphatic carbocycles. The van der Waals surface area contributed by atoms with Gasteiger partial charge in [-0.2, -0.15) is 0 Å². The summed E-state index contributed by atoms with van der Waals surface area (Å²) in [6.07, 6.45) is 0. The zero-order valence-corrected chi connectivity index (χ0v) is 7.54. The maximum Gasteiger partial charge on any atom is 0.239 e. The van der Waals surface area contributed by atoms with Crippen molar-refractivity contribution in [1.82, 2.24) is 10.6 Å². The molecule has 0 aromatic rings.